The standard InChI is InChI=1S/C22H33NO4/c1-15-4-3-5-21(2)13-19-16(12-18(15)21)17(20(24)27-19)14-23-8-6-22(7-9-23)25-10-11-26-22/h16-17,19H,3-14H2,1-2H3/t16-,17+,19-,21-/m1/s1. The maximum absolute atomic E-state index is 12.7. The van der Waals surface area contributed by atoms with E-state index < -0.39 is 0 Å². The number of allylic oxidation sites excluding steroid dienone is 2. The third-order valence-electron chi connectivity index (χ3n) is 8.07. The van der Waals surface area contributed by atoms with Gasteiger partial charge in [0.15, 0.2) is 5.79 Å². The van der Waals surface area contributed by atoms with E-state index >= 15 is 0 Å². The SMILES string of the molecule is CC1=C2C[C@@H]3[C@H](CN4CCC5(CC4)OCCO5)C(=O)O[C@@H]3C[C@@]2(C)CCC1. The first-order valence-corrected chi connectivity index (χ1v) is 10.9. The van der Waals surface area contributed by atoms with Crippen LogP contribution in [0.3, 0.4) is 0 Å². The molecule has 1 saturated carbocycles. The quantitative estimate of drug-likeness (QED) is 0.548. The topological polar surface area (TPSA) is 48.0 Å². The normalized spacial score (nSPS) is 41.6. The van der Waals surface area contributed by atoms with Crippen LogP contribution in [0.1, 0.15) is 58.8 Å². The maximum Gasteiger partial charge on any atom is 0.310 e. The Morgan fingerprint density at radius 3 is 2.63 bits per heavy atom. The number of likely N-dealkylation sites (tertiary alicyclic amines) is 1. The van der Waals surface area contributed by atoms with Crippen LogP contribution in [0.4, 0.5) is 0 Å². The number of nitrogens with zero attached hydrogens (tertiary/aromatic N) is 1. The van der Waals surface area contributed by atoms with Crippen molar-refractivity contribution < 1.29 is 19.0 Å². The highest BCUT2D eigenvalue weighted by Crippen LogP contribution is 2.55. The third kappa shape index (κ3) is 3.06. The minimum Gasteiger partial charge on any atom is -0.462 e. The Hall–Kier alpha value is -0.910. The predicted molar refractivity (Wildman–Crippen MR) is 101 cm³/mol. The molecule has 0 N–H and O–H groups in total. The molecule has 0 aromatic carbocycles. The van der Waals surface area contributed by atoms with E-state index in [9.17, 15) is 4.79 Å². The monoisotopic (exact) mass is 375 g/mol. The van der Waals surface area contributed by atoms with Gasteiger partial charge < -0.3 is 19.1 Å². The summed E-state index contributed by atoms with van der Waals surface area (Å²) in [5.41, 5.74) is 3.48. The minimum atomic E-state index is -0.341. The second-order valence-electron chi connectivity index (χ2n) is 9.74. The van der Waals surface area contributed by atoms with Gasteiger partial charge in [-0.1, -0.05) is 18.1 Å². The summed E-state index contributed by atoms with van der Waals surface area (Å²) >= 11 is 0. The number of fused-ring (bicyclic) bond motifs is 2. The molecule has 3 aliphatic heterocycles. The Kier molecular flexibility index (Phi) is 4.41. The van der Waals surface area contributed by atoms with Crippen molar-refractivity contribution in [3.8, 4) is 0 Å². The van der Waals surface area contributed by atoms with Gasteiger partial charge in [-0.3, -0.25) is 4.79 Å². The molecule has 3 heterocycles. The van der Waals surface area contributed by atoms with Crippen LogP contribution in [0, 0.1) is 17.3 Å². The third-order valence-corrected chi connectivity index (χ3v) is 8.07. The molecule has 3 saturated heterocycles. The van der Waals surface area contributed by atoms with Gasteiger partial charge in [0.2, 0.25) is 0 Å². The zero-order chi connectivity index (χ0) is 18.6. The second-order valence-corrected chi connectivity index (χ2v) is 9.74. The molecule has 5 heteroatoms. The van der Waals surface area contributed by atoms with Crippen LogP contribution in [0.25, 0.3) is 0 Å². The molecule has 150 valence electrons. The van der Waals surface area contributed by atoms with Crippen LogP contribution in [-0.2, 0) is 19.0 Å². The number of hydrogen-bond acceptors (Lipinski definition) is 5. The Morgan fingerprint density at radius 1 is 1.15 bits per heavy atom. The van der Waals surface area contributed by atoms with E-state index in [1.807, 2.05) is 0 Å². The smallest absolute Gasteiger partial charge is 0.310 e. The number of rotatable bonds is 2. The lowest BCUT2D eigenvalue weighted by molar-refractivity contribution is -0.186. The van der Waals surface area contributed by atoms with Gasteiger partial charge in [0.05, 0.1) is 19.1 Å². The summed E-state index contributed by atoms with van der Waals surface area (Å²) in [7, 11) is 0. The molecule has 0 unspecified atom stereocenters. The van der Waals surface area contributed by atoms with E-state index in [1.54, 1.807) is 11.1 Å². The van der Waals surface area contributed by atoms with Gasteiger partial charge in [0.25, 0.3) is 0 Å². The lowest BCUT2D eigenvalue weighted by atomic mass is 9.59. The Bertz CT molecular complexity index is 643. The molecule has 27 heavy (non-hydrogen) atoms. The van der Waals surface area contributed by atoms with Crippen molar-refractivity contribution in [3.63, 3.8) is 0 Å². The van der Waals surface area contributed by atoms with Crippen LogP contribution in [-0.4, -0.2) is 55.6 Å². The summed E-state index contributed by atoms with van der Waals surface area (Å²) in [4.78, 5) is 15.2. The predicted octanol–water partition coefficient (Wildman–Crippen LogP) is 3.28. The fraction of sp³-hybridized carbons (Fsp3) is 0.864. The fourth-order valence-electron chi connectivity index (χ4n) is 6.46. The number of piperidine rings is 1. The van der Waals surface area contributed by atoms with Gasteiger partial charge >= 0.3 is 5.97 Å². The molecule has 1 spiro atoms. The van der Waals surface area contributed by atoms with Crippen molar-refractivity contribution in [2.75, 3.05) is 32.8 Å². The van der Waals surface area contributed by atoms with E-state index in [4.69, 9.17) is 14.2 Å². The lowest BCUT2D eigenvalue weighted by Crippen LogP contribution is -2.48. The summed E-state index contributed by atoms with van der Waals surface area (Å²) in [5.74, 6) is 0.0928. The largest absolute Gasteiger partial charge is 0.462 e. The number of carbonyl (C=O) groups excluding carboxylic acids is 1. The minimum absolute atomic E-state index is 0.0289. The van der Waals surface area contributed by atoms with Crippen molar-refractivity contribution in [3.05, 3.63) is 11.1 Å². The molecule has 5 nitrogen and oxygen atoms in total. The molecular weight excluding hydrogens is 342 g/mol. The average Bonchev–Trinajstić information content (AvgIpc) is 3.20. The molecule has 4 atom stereocenters. The zero-order valence-corrected chi connectivity index (χ0v) is 16.8. The van der Waals surface area contributed by atoms with Crippen molar-refractivity contribution in [1.29, 1.82) is 0 Å². The van der Waals surface area contributed by atoms with E-state index in [0.29, 0.717) is 19.1 Å². The van der Waals surface area contributed by atoms with Gasteiger partial charge in [-0.05, 0) is 44.4 Å². The molecule has 2 aliphatic carbocycles. The maximum atomic E-state index is 12.7. The van der Waals surface area contributed by atoms with Crippen molar-refractivity contribution in [1.82, 2.24) is 4.90 Å². The van der Waals surface area contributed by atoms with Crippen molar-refractivity contribution >= 4 is 5.97 Å². The summed E-state index contributed by atoms with van der Waals surface area (Å²) in [6.07, 6.45) is 7.79. The fourth-order valence-corrected chi connectivity index (χ4v) is 6.46. The first kappa shape index (κ1) is 18.1. The number of hydrogen-bond donors (Lipinski definition) is 0. The van der Waals surface area contributed by atoms with Crippen LogP contribution >= 0.6 is 0 Å². The second kappa shape index (κ2) is 6.57. The number of ether oxygens (including phenoxy) is 3. The van der Waals surface area contributed by atoms with Gasteiger partial charge in [-0.2, -0.15) is 0 Å². The van der Waals surface area contributed by atoms with E-state index in [2.05, 4.69) is 18.7 Å². The van der Waals surface area contributed by atoms with Crippen LogP contribution in [0.5, 0.6) is 0 Å². The summed E-state index contributed by atoms with van der Waals surface area (Å²) < 4.78 is 17.6. The Labute approximate surface area is 162 Å². The first-order chi connectivity index (χ1) is 13.0. The summed E-state index contributed by atoms with van der Waals surface area (Å²) in [6.45, 7) is 8.86. The molecule has 0 aromatic rings. The van der Waals surface area contributed by atoms with E-state index in [-0.39, 0.29) is 29.2 Å². The first-order valence-electron chi connectivity index (χ1n) is 10.9. The highest BCUT2D eigenvalue weighted by molar-refractivity contribution is 5.76. The molecule has 0 radical (unpaired) electrons. The summed E-state index contributed by atoms with van der Waals surface area (Å²) in [6, 6.07) is 0. The van der Waals surface area contributed by atoms with Gasteiger partial charge in [0.1, 0.15) is 6.10 Å². The van der Waals surface area contributed by atoms with Crippen LogP contribution in [0.15, 0.2) is 11.1 Å². The molecule has 5 rings (SSSR count). The van der Waals surface area contributed by atoms with Crippen LogP contribution < -0.4 is 0 Å². The molecule has 5 aliphatic rings. The highest BCUT2D eigenvalue weighted by atomic mass is 16.7. The number of carbonyl (C=O) groups is 1. The molecule has 0 aromatic heterocycles. The van der Waals surface area contributed by atoms with Gasteiger partial charge in [-0.25, -0.2) is 0 Å². The van der Waals surface area contributed by atoms with Gasteiger partial charge in [0, 0.05) is 38.4 Å². The lowest BCUT2D eigenvalue weighted by Gasteiger charge is -2.46. The number of esters is 1. The van der Waals surface area contributed by atoms with Crippen molar-refractivity contribution in [2.45, 2.75) is 70.7 Å². The zero-order valence-electron chi connectivity index (χ0n) is 16.8. The van der Waals surface area contributed by atoms with E-state index in [0.717, 1.165) is 45.3 Å². The molecular formula is C22H33NO4. The highest BCUT2D eigenvalue weighted by Gasteiger charge is 2.53. The van der Waals surface area contributed by atoms with Gasteiger partial charge in [-0.15, -0.1) is 0 Å². The van der Waals surface area contributed by atoms with E-state index in [1.165, 1.54) is 19.3 Å². The summed E-state index contributed by atoms with van der Waals surface area (Å²) in [5, 5.41) is 0. The van der Waals surface area contributed by atoms with Crippen LogP contribution in [0.2, 0.25) is 0 Å². The molecule has 0 bridgehead atoms. The molecule has 4 fully saturated rings. The Balaban J connectivity index is 1.28. The van der Waals surface area contributed by atoms with Crippen molar-refractivity contribution in [2.24, 2.45) is 17.3 Å². The molecule has 0 amide bonds. The Morgan fingerprint density at radius 2 is 1.89 bits per heavy atom. The average molecular weight is 376 g/mol.